The number of nitrogens with zero attached hydrogens (tertiary/aromatic N) is 2. The van der Waals surface area contributed by atoms with Gasteiger partial charge in [-0.15, -0.1) is 0 Å². The standard InChI is InChI=1S/C13H17FN4O/c1-18-13(12(19-2)8-16-18)11(17-15)7-9-4-3-5-10(14)6-9/h3-6,8,11,17H,7,15H2,1-2H3. The summed E-state index contributed by atoms with van der Waals surface area (Å²) < 4.78 is 20.1. The van der Waals surface area contributed by atoms with Gasteiger partial charge in [-0.25, -0.2) is 4.39 Å². The first-order chi connectivity index (χ1) is 9.15. The predicted molar refractivity (Wildman–Crippen MR) is 69.9 cm³/mol. The Kier molecular flexibility index (Phi) is 4.13. The molecule has 102 valence electrons. The van der Waals surface area contributed by atoms with E-state index in [0.717, 1.165) is 11.3 Å². The number of ether oxygens (including phenoxy) is 1. The molecule has 0 aliphatic rings. The van der Waals surface area contributed by atoms with Gasteiger partial charge >= 0.3 is 0 Å². The van der Waals surface area contributed by atoms with E-state index in [1.54, 1.807) is 24.1 Å². The van der Waals surface area contributed by atoms with E-state index in [9.17, 15) is 4.39 Å². The smallest absolute Gasteiger partial charge is 0.161 e. The van der Waals surface area contributed by atoms with E-state index < -0.39 is 0 Å². The van der Waals surface area contributed by atoms with Gasteiger partial charge in [0.25, 0.3) is 0 Å². The fourth-order valence-corrected chi connectivity index (χ4v) is 2.12. The zero-order valence-corrected chi connectivity index (χ0v) is 10.9. The lowest BCUT2D eigenvalue weighted by molar-refractivity contribution is 0.394. The molecule has 1 heterocycles. The van der Waals surface area contributed by atoms with Crippen LogP contribution in [0.3, 0.4) is 0 Å². The number of hydrogen-bond acceptors (Lipinski definition) is 4. The van der Waals surface area contributed by atoms with Crippen molar-refractivity contribution in [2.75, 3.05) is 7.11 Å². The van der Waals surface area contributed by atoms with E-state index in [4.69, 9.17) is 10.6 Å². The number of halogens is 1. The normalized spacial score (nSPS) is 12.4. The number of nitrogens with two attached hydrogens (primary N) is 1. The largest absolute Gasteiger partial charge is 0.493 e. The highest BCUT2D eigenvalue weighted by molar-refractivity contribution is 5.30. The number of hydrazine groups is 1. The number of hydrogen-bond donors (Lipinski definition) is 2. The first-order valence-electron chi connectivity index (χ1n) is 5.92. The van der Waals surface area contributed by atoms with Gasteiger partial charge in [-0.2, -0.15) is 5.10 Å². The molecule has 0 bridgehead atoms. The average Bonchev–Trinajstić information content (AvgIpc) is 2.77. The van der Waals surface area contributed by atoms with Crippen molar-refractivity contribution in [2.24, 2.45) is 12.9 Å². The van der Waals surface area contributed by atoms with Crippen LogP contribution in [0, 0.1) is 5.82 Å². The highest BCUT2D eigenvalue weighted by Gasteiger charge is 2.20. The van der Waals surface area contributed by atoms with Crippen molar-refractivity contribution < 1.29 is 9.13 Å². The van der Waals surface area contributed by atoms with Gasteiger partial charge in [0, 0.05) is 7.05 Å². The van der Waals surface area contributed by atoms with Gasteiger partial charge in [0.1, 0.15) is 5.82 Å². The van der Waals surface area contributed by atoms with Crippen LogP contribution in [0.5, 0.6) is 5.75 Å². The summed E-state index contributed by atoms with van der Waals surface area (Å²) in [5.41, 5.74) is 4.41. The second-order valence-electron chi connectivity index (χ2n) is 4.28. The second-order valence-corrected chi connectivity index (χ2v) is 4.28. The van der Waals surface area contributed by atoms with Crippen LogP contribution >= 0.6 is 0 Å². The SMILES string of the molecule is COc1cnn(C)c1C(Cc1cccc(F)c1)NN. The van der Waals surface area contributed by atoms with E-state index in [2.05, 4.69) is 10.5 Å². The molecule has 19 heavy (non-hydrogen) atoms. The van der Waals surface area contributed by atoms with Crippen molar-refractivity contribution in [1.82, 2.24) is 15.2 Å². The summed E-state index contributed by atoms with van der Waals surface area (Å²) >= 11 is 0. The van der Waals surface area contributed by atoms with Crippen molar-refractivity contribution in [3.8, 4) is 5.75 Å². The summed E-state index contributed by atoms with van der Waals surface area (Å²) in [6, 6.07) is 6.24. The summed E-state index contributed by atoms with van der Waals surface area (Å²) in [4.78, 5) is 0. The maximum Gasteiger partial charge on any atom is 0.161 e. The number of rotatable bonds is 5. The number of benzene rings is 1. The highest BCUT2D eigenvalue weighted by Crippen LogP contribution is 2.26. The summed E-state index contributed by atoms with van der Waals surface area (Å²) in [7, 11) is 3.39. The molecule has 0 saturated heterocycles. The van der Waals surface area contributed by atoms with Crippen LogP contribution < -0.4 is 16.0 Å². The third-order valence-electron chi connectivity index (χ3n) is 3.03. The summed E-state index contributed by atoms with van der Waals surface area (Å²) in [5.74, 6) is 6.00. The number of aryl methyl sites for hydroxylation is 1. The first kappa shape index (κ1) is 13.5. The van der Waals surface area contributed by atoms with Gasteiger partial charge in [-0.1, -0.05) is 12.1 Å². The van der Waals surface area contributed by atoms with Gasteiger partial charge < -0.3 is 4.74 Å². The Morgan fingerprint density at radius 2 is 2.32 bits per heavy atom. The van der Waals surface area contributed by atoms with Gasteiger partial charge in [0.05, 0.1) is 25.0 Å². The van der Waals surface area contributed by atoms with Crippen LogP contribution in [0.15, 0.2) is 30.5 Å². The van der Waals surface area contributed by atoms with Crippen LogP contribution in [0.25, 0.3) is 0 Å². The Balaban J connectivity index is 2.27. The molecule has 3 N–H and O–H groups in total. The van der Waals surface area contributed by atoms with Crippen molar-refractivity contribution in [1.29, 1.82) is 0 Å². The molecule has 1 unspecified atom stereocenters. The van der Waals surface area contributed by atoms with Gasteiger partial charge in [-0.3, -0.25) is 16.0 Å². The predicted octanol–water partition coefficient (Wildman–Crippen LogP) is 1.31. The minimum Gasteiger partial charge on any atom is -0.493 e. The van der Waals surface area contributed by atoms with Crippen molar-refractivity contribution >= 4 is 0 Å². The fourth-order valence-electron chi connectivity index (χ4n) is 2.12. The topological polar surface area (TPSA) is 65.1 Å². The number of aromatic nitrogens is 2. The molecule has 0 radical (unpaired) electrons. The summed E-state index contributed by atoms with van der Waals surface area (Å²) in [6.07, 6.45) is 2.18. The number of nitrogens with one attached hydrogen (secondary N) is 1. The molecule has 1 aromatic carbocycles. The van der Waals surface area contributed by atoms with Crippen LogP contribution in [0.2, 0.25) is 0 Å². The second kappa shape index (κ2) is 5.81. The number of methoxy groups -OCH3 is 1. The van der Waals surface area contributed by atoms with E-state index in [1.165, 1.54) is 12.1 Å². The Labute approximate surface area is 111 Å². The molecule has 1 aromatic heterocycles. The Hall–Kier alpha value is -1.92. The zero-order chi connectivity index (χ0) is 13.8. The average molecular weight is 264 g/mol. The molecule has 0 aliphatic heterocycles. The van der Waals surface area contributed by atoms with Crippen molar-refractivity contribution in [3.05, 3.63) is 47.5 Å². The third-order valence-corrected chi connectivity index (χ3v) is 3.03. The summed E-state index contributed by atoms with van der Waals surface area (Å²) in [5, 5.41) is 4.14. The van der Waals surface area contributed by atoms with Crippen molar-refractivity contribution in [2.45, 2.75) is 12.5 Å². The maximum absolute atomic E-state index is 13.2. The molecule has 5 nitrogen and oxygen atoms in total. The molecule has 0 aliphatic carbocycles. The first-order valence-corrected chi connectivity index (χ1v) is 5.92. The fraction of sp³-hybridized carbons (Fsp3) is 0.308. The van der Waals surface area contributed by atoms with Gasteiger partial charge in [-0.05, 0) is 24.1 Å². The van der Waals surface area contributed by atoms with E-state index in [1.807, 2.05) is 13.1 Å². The van der Waals surface area contributed by atoms with E-state index in [0.29, 0.717) is 12.2 Å². The molecular formula is C13H17FN4O. The lowest BCUT2D eigenvalue weighted by atomic mass is 10.0. The Bertz CT molecular complexity index is 555. The lowest BCUT2D eigenvalue weighted by Crippen LogP contribution is -2.31. The van der Waals surface area contributed by atoms with Crippen LogP contribution in [0.1, 0.15) is 17.3 Å². The van der Waals surface area contributed by atoms with Gasteiger partial charge in [0.2, 0.25) is 0 Å². The molecule has 0 spiro atoms. The molecule has 0 saturated carbocycles. The molecule has 2 aromatic rings. The van der Waals surface area contributed by atoms with E-state index in [-0.39, 0.29) is 11.9 Å². The van der Waals surface area contributed by atoms with Crippen LogP contribution in [0.4, 0.5) is 4.39 Å². The molecule has 6 heteroatoms. The van der Waals surface area contributed by atoms with Crippen LogP contribution in [-0.4, -0.2) is 16.9 Å². The highest BCUT2D eigenvalue weighted by atomic mass is 19.1. The lowest BCUT2D eigenvalue weighted by Gasteiger charge is -2.17. The monoisotopic (exact) mass is 264 g/mol. The molecule has 2 rings (SSSR count). The zero-order valence-electron chi connectivity index (χ0n) is 10.9. The minimum absolute atomic E-state index is 0.204. The molecular weight excluding hydrogens is 247 g/mol. The quantitative estimate of drug-likeness (QED) is 0.631. The Morgan fingerprint density at radius 1 is 1.53 bits per heavy atom. The van der Waals surface area contributed by atoms with Crippen molar-refractivity contribution in [3.63, 3.8) is 0 Å². The maximum atomic E-state index is 13.2. The third kappa shape index (κ3) is 2.91. The van der Waals surface area contributed by atoms with Crippen LogP contribution in [-0.2, 0) is 13.5 Å². The Morgan fingerprint density at radius 3 is 2.95 bits per heavy atom. The van der Waals surface area contributed by atoms with E-state index >= 15 is 0 Å². The molecule has 0 amide bonds. The minimum atomic E-state index is -0.259. The summed E-state index contributed by atoms with van der Waals surface area (Å²) in [6.45, 7) is 0. The molecule has 1 atom stereocenters. The van der Waals surface area contributed by atoms with Gasteiger partial charge in [0.15, 0.2) is 5.75 Å². The molecule has 0 fully saturated rings.